The van der Waals surface area contributed by atoms with Crippen LogP contribution in [0.1, 0.15) is 5.56 Å². The van der Waals surface area contributed by atoms with Gasteiger partial charge in [0.2, 0.25) is 0 Å². The summed E-state index contributed by atoms with van der Waals surface area (Å²) in [4.78, 5) is 0. The first-order valence-electron chi connectivity index (χ1n) is 2.67. The predicted molar refractivity (Wildman–Crippen MR) is 41.2 cm³/mol. The van der Waals surface area contributed by atoms with Crippen LogP contribution in [0.2, 0.25) is 5.02 Å². The smallest absolute Gasteiger partial charge is 0.338 e. The van der Waals surface area contributed by atoms with Crippen molar-refractivity contribution in [2.75, 3.05) is 0 Å². The number of hydrogen-bond acceptors (Lipinski definition) is 1. The van der Waals surface area contributed by atoms with Crippen LogP contribution in [-0.4, -0.2) is 0 Å². The highest BCUT2D eigenvalue weighted by molar-refractivity contribution is 6.31. The van der Waals surface area contributed by atoms with Crippen molar-refractivity contribution in [2.24, 2.45) is 0 Å². The average molecular weight is 154 g/mol. The Kier molecular flexibility index (Phi) is 2.14. The quantitative estimate of drug-likeness (QED) is 0.527. The van der Waals surface area contributed by atoms with Gasteiger partial charge in [0.05, 0.1) is 5.02 Å². The second kappa shape index (κ2) is 3.09. The zero-order valence-corrected chi connectivity index (χ0v) is 5.80. The largest absolute Gasteiger partial charge is 0.498 e. The van der Waals surface area contributed by atoms with Crippen molar-refractivity contribution < 1.29 is 0 Å². The first-order chi connectivity index (χ1) is 4.84. The van der Waals surface area contributed by atoms with Gasteiger partial charge in [0.25, 0.3) is 0 Å². The third-order valence-electron chi connectivity index (χ3n) is 1.04. The molecule has 0 aliphatic carbocycles. The van der Waals surface area contributed by atoms with Crippen LogP contribution in [0.15, 0.2) is 24.3 Å². The molecule has 0 heterocycles. The van der Waals surface area contributed by atoms with E-state index in [2.05, 4.69) is 11.1 Å². The van der Waals surface area contributed by atoms with Crippen molar-refractivity contribution in [1.82, 2.24) is 0 Å². The Hall–Kier alpha value is -1.20. The summed E-state index contributed by atoms with van der Waals surface area (Å²) in [6.07, 6.45) is 0. The lowest BCUT2D eigenvalue weighted by atomic mass is 10.2. The van der Waals surface area contributed by atoms with Crippen molar-refractivity contribution in [3.8, 4) is 6.07 Å². The summed E-state index contributed by atoms with van der Waals surface area (Å²) in [6.45, 7) is 0. The van der Waals surface area contributed by atoms with E-state index in [0.29, 0.717) is 10.6 Å². The van der Waals surface area contributed by atoms with Gasteiger partial charge in [0.1, 0.15) is 5.56 Å². The number of benzene rings is 1. The van der Waals surface area contributed by atoms with Gasteiger partial charge in [0.15, 0.2) is 0 Å². The highest BCUT2D eigenvalue weighted by Crippen LogP contribution is 2.12. The molecule has 0 fully saturated rings. The third kappa shape index (κ3) is 1.40. The monoisotopic (exact) mass is 153 g/mol. The summed E-state index contributed by atoms with van der Waals surface area (Å²) >= 11 is 5.64. The van der Waals surface area contributed by atoms with Crippen molar-refractivity contribution in [1.29, 1.82) is 0 Å². The second-order valence-electron chi connectivity index (χ2n) is 1.68. The fourth-order valence-corrected chi connectivity index (χ4v) is 0.779. The van der Waals surface area contributed by atoms with Gasteiger partial charge in [-0.05, 0) is 12.1 Å². The van der Waals surface area contributed by atoms with Crippen molar-refractivity contribution in [3.63, 3.8) is 0 Å². The van der Waals surface area contributed by atoms with Gasteiger partial charge in [-0.2, -0.15) is 0 Å². The van der Waals surface area contributed by atoms with Crippen LogP contribution in [0.3, 0.4) is 0 Å². The van der Waals surface area contributed by atoms with E-state index in [1.165, 1.54) is 0 Å². The van der Waals surface area contributed by atoms with E-state index in [1.807, 2.05) is 0 Å². The Morgan fingerprint density at radius 3 is 2.70 bits per heavy atom. The van der Waals surface area contributed by atoms with Crippen molar-refractivity contribution in [3.05, 3.63) is 45.1 Å². The Labute approximate surface area is 63.5 Å². The van der Waals surface area contributed by atoms with Gasteiger partial charge in [-0.1, -0.05) is 23.7 Å². The molecule has 0 aliphatic rings. The molecule has 10 heavy (non-hydrogen) atoms. The van der Waals surface area contributed by atoms with Gasteiger partial charge >= 0.3 is 6.07 Å². The van der Waals surface area contributed by atoms with Crippen LogP contribution < -0.4 is 0 Å². The Morgan fingerprint density at radius 2 is 2.10 bits per heavy atom. The topological polar surface area (TPSA) is 27.4 Å². The lowest BCUT2D eigenvalue weighted by Gasteiger charge is -1.86. The molecule has 0 saturated carbocycles. The highest BCUT2D eigenvalue weighted by Gasteiger charge is 1.98. The summed E-state index contributed by atoms with van der Waals surface area (Å²) in [5, 5.41) is 12.7. The van der Waals surface area contributed by atoms with E-state index >= 15 is 0 Å². The standard InChI is InChI=1S/C7H4ClNO/c8-7-4-2-1-3-6(7)5-9-10/h1-4H. The van der Waals surface area contributed by atoms with Crippen LogP contribution in [0.5, 0.6) is 0 Å². The van der Waals surface area contributed by atoms with Crippen LogP contribution in [-0.2, 0) is 0 Å². The van der Waals surface area contributed by atoms with Crippen LogP contribution in [0.25, 0.3) is 5.01 Å². The van der Waals surface area contributed by atoms with Crippen LogP contribution in [0, 0.1) is 11.3 Å². The maximum absolute atomic E-state index is 9.71. The van der Waals surface area contributed by atoms with Gasteiger partial charge < -0.3 is 5.21 Å². The molecule has 0 spiro atoms. The first-order valence-corrected chi connectivity index (χ1v) is 3.05. The number of halogens is 1. The minimum atomic E-state index is 0.488. The summed E-state index contributed by atoms with van der Waals surface area (Å²) in [5.74, 6) is 0. The van der Waals surface area contributed by atoms with Gasteiger partial charge in [-0.25, -0.2) is 0 Å². The van der Waals surface area contributed by atoms with Gasteiger partial charge in [0, 0.05) is 5.01 Å². The molecular formula is C7H4ClNO. The zero-order valence-electron chi connectivity index (χ0n) is 5.04. The Morgan fingerprint density at radius 1 is 1.40 bits per heavy atom. The summed E-state index contributed by atoms with van der Waals surface area (Å²) in [7, 11) is 0. The average Bonchev–Trinajstić information content (AvgIpc) is 1.94. The fourth-order valence-electron chi connectivity index (χ4n) is 0.601. The molecule has 0 radical (unpaired) electrons. The molecule has 3 heteroatoms. The lowest BCUT2D eigenvalue weighted by molar-refractivity contribution is 1.64. The minimum Gasteiger partial charge on any atom is -0.498 e. The summed E-state index contributed by atoms with van der Waals surface area (Å²) < 4.78 is 0. The molecule has 1 rings (SSSR count). The third-order valence-corrected chi connectivity index (χ3v) is 1.37. The van der Waals surface area contributed by atoms with Gasteiger partial charge in [-0.3, -0.25) is 0 Å². The molecule has 0 saturated heterocycles. The number of hydrogen-bond donors (Lipinski definition) is 0. The van der Waals surface area contributed by atoms with Crippen LogP contribution >= 0.6 is 11.6 Å². The molecule has 0 aliphatic heterocycles. The van der Waals surface area contributed by atoms with E-state index in [9.17, 15) is 5.21 Å². The second-order valence-corrected chi connectivity index (χ2v) is 2.09. The molecule has 0 aromatic heterocycles. The van der Waals surface area contributed by atoms with Crippen molar-refractivity contribution >= 4 is 11.6 Å². The predicted octanol–water partition coefficient (Wildman–Crippen LogP) is 2.52. The normalized spacial score (nSPS) is 8.10. The molecule has 2 nitrogen and oxygen atoms in total. The van der Waals surface area contributed by atoms with E-state index in [0.717, 1.165) is 0 Å². The first kappa shape index (κ1) is 6.91. The van der Waals surface area contributed by atoms with E-state index in [4.69, 9.17) is 11.6 Å². The van der Waals surface area contributed by atoms with E-state index in [-0.39, 0.29) is 0 Å². The molecular weight excluding hydrogens is 150 g/mol. The summed E-state index contributed by atoms with van der Waals surface area (Å²) in [6, 6.07) is 9.10. The molecule has 50 valence electrons. The highest BCUT2D eigenvalue weighted by atomic mass is 35.5. The van der Waals surface area contributed by atoms with Crippen molar-refractivity contribution in [2.45, 2.75) is 0 Å². The van der Waals surface area contributed by atoms with E-state index in [1.54, 1.807) is 24.3 Å². The van der Waals surface area contributed by atoms with Gasteiger partial charge in [-0.15, -0.1) is 0 Å². The summed E-state index contributed by atoms with van der Waals surface area (Å²) in [5.41, 5.74) is 0.527. The maximum atomic E-state index is 9.71. The molecule has 0 atom stereocenters. The van der Waals surface area contributed by atoms with E-state index < -0.39 is 0 Å². The Bertz CT molecular complexity index is 287. The minimum absolute atomic E-state index is 0.488. The molecule has 0 N–H and O–H groups in total. The fraction of sp³-hybridized carbons (Fsp3) is 0. The number of nitrogens with zero attached hydrogens (tertiary/aromatic N) is 1. The Balaban J connectivity index is 3.11. The zero-order chi connectivity index (χ0) is 7.40. The maximum Gasteiger partial charge on any atom is 0.338 e. The number of rotatable bonds is 0. The molecule has 0 unspecified atom stereocenters. The molecule has 1 aromatic carbocycles. The SMILES string of the molecule is [O-][N+]#Cc1ccccc1Cl. The molecule has 0 bridgehead atoms. The van der Waals surface area contributed by atoms with Crippen LogP contribution in [0.4, 0.5) is 0 Å². The molecule has 1 aromatic rings. The lowest BCUT2D eigenvalue weighted by Crippen LogP contribution is -1.72. The molecule has 0 amide bonds.